The van der Waals surface area contributed by atoms with Gasteiger partial charge in [-0.15, -0.1) is 0 Å². The Morgan fingerprint density at radius 3 is 2.81 bits per heavy atom. The maximum Gasteiger partial charge on any atom is 0.0576 e. The molecule has 2 rings (SSSR count). The van der Waals surface area contributed by atoms with Gasteiger partial charge in [0.25, 0.3) is 0 Å². The first-order valence-electron chi connectivity index (χ1n) is 6.16. The van der Waals surface area contributed by atoms with Gasteiger partial charge in [0.1, 0.15) is 0 Å². The van der Waals surface area contributed by atoms with Crippen molar-refractivity contribution >= 4 is 15.9 Å². The first-order chi connectivity index (χ1) is 7.81. The summed E-state index contributed by atoms with van der Waals surface area (Å²) in [7, 11) is 0. The van der Waals surface area contributed by atoms with E-state index >= 15 is 0 Å². The third-order valence-electron chi connectivity index (χ3n) is 3.30. The van der Waals surface area contributed by atoms with E-state index in [1.165, 1.54) is 31.4 Å². The molecule has 0 saturated heterocycles. The van der Waals surface area contributed by atoms with E-state index in [0.717, 1.165) is 16.9 Å². The molecule has 1 fully saturated rings. The summed E-state index contributed by atoms with van der Waals surface area (Å²) < 4.78 is 1.05. The number of nitrogens with one attached hydrogen (secondary N) is 1. The van der Waals surface area contributed by atoms with Crippen LogP contribution in [0.3, 0.4) is 0 Å². The molecule has 1 heterocycles. The van der Waals surface area contributed by atoms with Crippen molar-refractivity contribution in [3.63, 3.8) is 0 Å². The number of hydrogen-bond acceptors (Lipinski definition) is 2. The van der Waals surface area contributed by atoms with E-state index < -0.39 is 0 Å². The van der Waals surface area contributed by atoms with Crippen LogP contribution in [0.25, 0.3) is 0 Å². The standard InChI is InChI=1S/C13H19BrN2/c1-2-8-15-13(10-4-3-5-10)12-7-6-11(14)9-16-12/h6-7,9-10,13,15H,2-5,8H2,1H3. The zero-order valence-electron chi connectivity index (χ0n) is 9.75. The monoisotopic (exact) mass is 282 g/mol. The molecular formula is C13H19BrN2. The molecule has 1 aromatic rings. The number of aromatic nitrogens is 1. The Labute approximate surface area is 106 Å². The molecule has 0 amide bonds. The maximum atomic E-state index is 4.53. The summed E-state index contributed by atoms with van der Waals surface area (Å²) in [6, 6.07) is 4.68. The summed E-state index contributed by atoms with van der Waals surface area (Å²) in [6.45, 7) is 3.29. The van der Waals surface area contributed by atoms with Crippen LogP contribution in [0, 0.1) is 5.92 Å². The summed E-state index contributed by atoms with van der Waals surface area (Å²) in [5, 5.41) is 3.63. The quantitative estimate of drug-likeness (QED) is 0.891. The zero-order valence-corrected chi connectivity index (χ0v) is 11.3. The molecule has 0 aromatic carbocycles. The van der Waals surface area contributed by atoms with Crippen molar-refractivity contribution in [2.75, 3.05) is 6.54 Å². The van der Waals surface area contributed by atoms with E-state index in [1.54, 1.807) is 0 Å². The van der Waals surface area contributed by atoms with Crippen LogP contribution in [0.2, 0.25) is 0 Å². The Balaban J connectivity index is 2.07. The number of pyridine rings is 1. The summed E-state index contributed by atoms with van der Waals surface area (Å²) in [6.07, 6.45) is 7.15. The van der Waals surface area contributed by atoms with Crippen molar-refractivity contribution in [3.05, 3.63) is 28.5 Å². The highest BCUT2D eigenvalue weighted by atomic mass is 79.9. The van der Waals surface area contributed by atoms with Crippen molar-refractivity contribution in [3.8, 4) is 0 Å². The average molecular weight is 283 g/mol. The smallest absolute Gasteiger partial charge is 0.0576 e. The van der Waals surface area contributed by atoms with Crippen molar-refractivity contribution < 1.29 is 0 Å². The maximum absolute atomic E-state index is 4.53. The number of halogens is 1. The Morgan fingerprint density at radius 1 is 1.50 bits per heavy atom. The molecule has 2 nitrogen and oxygen atoms in total. The molecule has 1 aliphatic rings. The van der Waals surface area contributed by atoms with Crippen LogP contribution in [0.1, 0.15) is 44.3 Å². The molecule has 1 aromatic heterocycles. The van der Waals surface area contributed by atoms with E-state index in [4.69, 9.17) is 0 Å². The minimum Gasteiger partial charge on any atom is -0.308 e. The van der Waals surface area contributed by atoms with Gasteiger partial charge in [0.05, 0.1) is 11.7 Å². The second-order valence-electron chi connectivity index (χ2n) is 4.52. The Bertz CT molecular complexity index is 319. The summed E-state index contributed by atoms with van der Waals surface area (Å²) >= 11 is 3.43. The average Bonchev–Trinajstić information content (AvgIpc) is 2.23. The van der Waals surface area contributed by atoms with Gasteiger partial charge in [-0.1, -0.05) is 13.3 Å². The molecule has 0 bridgehead atoms. The van der Waals surface area contributed by atoms with Gasteiger partial charge in [-0.2, -0.15) is 0 Å². The lowest BCUT2D eigenvalue weighted by molar-refractivity contribution is 0.227. The van der Waals surface area contributed by atoms with Crippen molar-refractivity contribution in [2.45, 2.75) is 38.6 Å². The van der Waals surface area contributed by atoms with E-state index in [9.17, 15) is 0 Å². The highest BCUT2D eigenvalue weighted by Gasteiger charge is 2.28. The third kappa shape index (κ3) is 2.83. The third-order valence-corrected chi connectivity index (χ3v) is 3.77. The van der Waals surface area contributed by atoms with Crippen LogP contribution in [0.15, 0.2) is 22.8 Å². The van der Waals surface area contributed by atoms with Crippen LogP contribution in [0.4, 0.5) is 0 Å². The van der Waals surface area contributed by atoms with Gasteiger partial charge in [0, 0.05) is 10.7 Å². The number of rotatable bonds is 5. The van der Waals surface area contributed by atoms with Crippen LogP contribution >= 0.6 is 15.9 Å². The Kier molecular flexibility index (Phi) is 4.36. The summed E-state index contributed by atoms with van der Waals surface area (Å²) in [5.74, 6) is 0.792. The molecule has 1 atom stereocenters. The van der Waals surface area contributed by atoms with Gasteiger partial charge in [0.15, 0.2) is 0 Å². The molecule has 1 N–H and O–H groups in total. The molecule has 3 heteroatoms. The first-order valence-corrected chi connectivity index (χ1v) is 6.95. The van der Waals surface area contributed by atoms with Gasteiger partial charge in [-0.3, -0.25) is 4.98 Å². The molecule has 88 valence electrons. The van der Waals surface area contributed by atoms with Crippen molar-refractivity contribution in [2.24, 2.45) is 5.92 Å². The lowest BCUT2D eigenvalue weighted by Crippen LogP contribution is -2.33. The molecule has 0 radical (unpaired) electrons. The second-order valence-corrected chi connectivity index (χ2v) is 5.44. The first kappa shape index (κ1) is 12.1. The predicted octanol–water partition coefficient (Wildman–Crippen LogP) is 3.68. The number of nitrogens with zero attached hydrogens (tertiary/aromatic N) is 1. The van der Waals surface area contributed by atoms with Gasteiger partial charge in [0.2, 0.25) is 0 Å². The van der Waals surface area contributed by atoms with Crippen molar-refractivity contribution in [1.29, 1.82) is 0 Å². The summed E-state index contributed by atoms with van der Waals surface area (Å²) in [4.78, 5) is 4.53. The minimum absolute atomic E-state index is 0.460. The minimum atomic E-state index is 0.460. The molecule has 16 heavy (non-hydrogen) atoms. The Morgan fingerprint density at radius 2 is 2.31 bits per heavy atom. The fourth-order valence-electron chi connectivity index (χ4n) is 2.16. The summed E-state index contributed by atoms with van der Waals surface area (Å²) in [5.41, 5.74) is 1.20. The second kappa shape index (κ2) is 5.78. The molecule has 0 spiro atoms. The number of hydrogen-bond donors (Lipinski definition) is 1. The van der Waals surface area contributed by atoms with Gasteiger partial charge in [-0.25, -0.2) is 0 Å². The van der Waals surface area contributed by atoms with E-state index in [0.29, 0.717) is 6.04 Å². The predicted molar refractivity (Wildman–Crippen MR) is 70.3 cm³/mol. The highest BCUT2D eigenvalue weighted by molar-refractivity contribution is 9.10. The fourth-order valence-corrected chi connectivity index (χ4v) is 2.39. The lowest BCUT2D eigenvalue weighted by Gasteiger charge is -2.34. The zero-order chi connectivity index (χ0) is 11.4. The fraction of sp³-hybridized carbons (Fsp3) is 0.615. The normalized spacial score (nSPS) is 18.1. The highest BCUT2D eigenvalue weighted by Crippen LogP contribution is 2.37. The molecule has 1 unspecified atom stereocenters. The van der Waals surface area contributed by atoms with Gasteiger partial charge < -0.3 is 5.32 Å². The van der Waals surface area contributed by atoms with Crippen LogP contribution < -0.4 is 5.32 Å². The van der Waals surface area contributed by atoms with Crippen LogP contribution in [-0.2, 0) is 0 Å². The Hall–Kier alpha value is -0.410. The van der Waals surface area contributed by atoms with Crippen LogP contribution in [-0.4, -0.2) is 11.5 Å². The van der Waals surface area contributed by atoms with E-state index in [1.807, 2.05) is 6.20 Å². The van der Waals surface area contributed by atoms with Crippen molar-refractivity contribution in [1.82, 2.24) is 10.3 Å². The SMILES string of the molecule is CCCNC(c1ccc(Br)cn1)C1CCC1. The largest absolute Gasteiger partial charge is 0.308 e. The van der Waals surface area contributed by atoms with Gasteiger partial charge >= 0.3 is 0 Å². The topological polar surface area (TPSA) is 24.9 Å². The molecule has 1 saturated carbocycles. The van der Waals surface area contributed by atoms with Crippen LogP contribution in [0.5, 0.6) is 0 Å². The molecule has 1 aliphatic carbocycles. The van der Waals surface area contributed by atoms with Gasteiger partial charge in [-0.05, 0) is 59.8 Å². The van der Waals surface area contributed by atoms with E-state index in [-0.39, 0.29) is 0 Å². The lowest BCUT2D eigenvalue weighted by atomic mass is 9.78. The van der Waals surface area contributed by atoms with E-state index in [2.05, 4.69) is 45.3 Å². The molecular weight excluding hydrogens is 264 g/mol. The molecule has 0 aliphatic heterocycles.